The zero-order valence-corrected chi connectivity index (χ0v) is 12.0. The summed E-state index contributed by atoms with van der Waals surface area (Å²) in [7, 11) is 0. The highest BCUT2D eigenvalue weighted by molar-refractivity contribution is 5.82. The average Bonchev–Trinajstić information content (AvgIpc) is 2.39. The predicted molar refractivity (Wildman–Crippen MR) is 74.1 cm³/mol. The third kappa shape index (κ3) is 2.71. The van der Waals surface area contributed by atoms with Gasteiger partial charge < -0.3 is 10.6 Å². The molecule has 2 unspecified atom stereocenters. The molecule has 1 aliphatic heterocycles. The Morgan fingerprint density at radius 2 is 2.00 bits per heavy atom. The van der Waals surface area contributed by atoms with Gasteiger partial charge in [-0.15, -0.1) is 0 Å². The van der Waals surface area contributed by atoms with Crippen LogP contribution in [0.15, 0.2) is 0 Å². The normalized spacial score (nSPS) is 32.3. The van der Waals surface area contributed by atoms with E-state index in [4.69, 9.17) is 5.73 Å². The predicted octanol–water partition coefficient (Wildman–Crippen LogP) is 2.40. The topological polar surface area (TPSA) is 46.3 Å². The Balaban J connectivity index is 2.00. The van der Waals surface area contributed by atoms with E-state index in [2.05, 4.69) is 18.7 Å². The van der Waals surface area contributed by atoms with Gasteiger partial charge in [0.25, 0.3) is 0 Å². The first-order valence-corrected chi connectivity index (χ1v) is 7.56. The summed E-state index contributed by atoms with van der Waals surface area (Å²) >= 11 is 0. The summed E-state index contributed by atoms with van der Waals surface area (Å²) in [4.78, 5) is 14.8. The minimum absolute atomic E-state index is 0.0853. The Morgan fingerprint density at radius 1 is 1.33 bits per heavy atom. The van der Waals surface area contributed by atoms with Crippen molar-refractivity contribution in [3.05, 3.63) is 0 Å². The molecule has 2 rings (SSSR count). The summed E-state index contributed by atoms with van der Waals surface area (Å²) in [6.07, 6.45) is 6.99. The van der Waals surface area contributed by atoms with Gasteiger partial charge in [-0.25, -0.2) is 0 Å². The third-order valence-electron chi connectivity index (χ3n) is 5.18. The first kappa shape index (κ1) is 13.9. The number of rotatable bonds is 2. The Hall–Kier alpha value is -0.570. The number of piperidine rings is 1. The molecule has 0 aromatic carbocycles. The molecule has 3 nitrogen and oxygen atoms in total. The number of carbonyl (C=O) groups is 1. The maximum absolute atomic E-state index is 12.7. The molecule has 0 radical (unpaired) electrons. The molecule has 1 saturated carbocycles. The first-order chi connectivity index (χ1) is 8.57. The molecule has 2 N–H and O–H groups in total. The molecule has 104 valence electrons. The van der Waals surface area contributed by atoms with E-state index in [1.807, 2.05) is 0 Å². The highest BCUT2D eigenvalue weighted by Crippen LogP contribution is 2.38. The SMILES string of the molecule is CC1CCN(C(=O)C2(C)CCCCC2)CC1CN. The largest absolute Gasteiger partial charge is 0.342 e. The standard InChI is InChI=1S/C15H28N2O/c1-12-6-9-17(11-13(12)10-16)14(18)15(2)7-4-3-5-8-15/h12-13H,3-11,16H2,1-2H3. The molecule has 3 heteroatoms. The van der Waals surface area contributed by atoms with Gasteiger partial charge in [0.2, 0.25) is 5.91 Å². The molecule has 2 atom stereocenters. The van der Waals surface area contributed by atoms with Gasteiger partial charge in [0.15, 0.2) is 0 Å². The van der Waals surface area contributed by atoms with Crippen molar-refractivity contribution in [1.82, 2.24) is 4.90 Å². The van der Waals surface area contributed by atoms with Crippen molar-refractivity contribution in [2.75, 3.05) is 19.6 Å². The lowest BCUT2D eigenvalue weighted by atomic mass is 9.74. The molecule has 1 heterocycles. The van der Waals surface area contributed by atoms with E-state index >= 15 is 0 Å². The summed E-state index contributed by atoms with van der Waals surface area (Å²) in [5.74, 6) is 1.56. The lowest BCUT2D eigenvalue weighted by molar-refractivity contribution is -0.145. The second kappa shape index (κ2) is 5.60. The van der Waals surface area contributed by atoms with Crippen LogP contribution in [-0.4, -0.2) is 30.4 Å². The molecular weight excluding hydrogens is 224 g/mol. The Morgan fingerprint density at radius 3 is 2.61 bits per heavy atom. The highest BCUT2D eigenvalue weighted by Gasteiger charge is 2.39. The van der Waals surface area contributed by atoms with Crippen molar-refractivity contribution in [2.24, 2.45) is 23.0 Å². The van der Waals surface area contributed by atoms with Crippen molar-refractivity contribution in [1.29, 1.82) is 0 Å². The van der Waals surface area contributed by atoms with E-state index in [1.54, 1.807) is 0 Å². The third-order valence-corrected chi connectivity index (χ3v) is 5.18. The number of nitrogens with zero attached hydrogens (tertiary/aromatic N) is 1. The summed E-state index contributed by atoms with van der Waals surface area (Å²) in [5.41, 5.74) is 5.74. The van der Waals surface area contributed by atoms with Gasteiger partial charge in [-0.2, -0.15) is 0 Å². The Labute approximate surface area is 111 Å². The maximum Gasteiger partial charge on any atom is 0.228 e. The molecule has 2 fully saturated rings. The van der Waals surface area contributed by atoms with Gasteiger partial charge in [0, 0.05) is 18.5 Å². The van der Waals surface area contributed by atoms with Gasteiger partial charge in [-0.3, -0.25) is 4.79 Å². The minimum atomic E-state index is -0.0853. The van der Waals surface area contributed by atoms with Crippen molar-refractivity contribution in [3.8, 4) is 0 Å². The van der Waals surface area contributed by atoms with Gasteiger partial charge >= 0.3 is 0 Å². The van der Waals surface area contributed by atoms with E-state index in [0.717, 1.165) is 32.4 Å². The molecule has 18 heavy (non-hydrogen) atoms. The van der Waals surface area contributed by atoms with Gasteiger partial charge in [0.1, 0.15) is 0 Å². The quantitative estimate of drug-likeness (QED) is 0.820. The van der Waals surface area contributed by atoms with Crippen molar-refractivity contribution >= 4 is 5.91 Å². The van der Waals surface area contributed by atoms with Gasteiger partial charge in [-0.05, 0) is 37.6 Å². The molecule has 1 saturated heterocycles. The molecule has 0 bridgehead atoms. The van der Waals surface area contributed by atoms with Gasteiger partial charge in [-0.1, -0.05) is 33.1 Å². The van der Waals surface area contributed by atoms with Crippen LogP contribution in [0.25, 0.3) is 0 Å². The number of hydrogen-bond donors (Lipinski definition) is 1. The second-order valence-corrected chi connectivity index (χ2v) is 6.63. The zero-order valence-electron chi connectivity index (χ0n) is 12.0. The van der Waals surface area contributed by atoms with Crippen LogP contribution in [0.1, 0.15) is 52.4 Å². The number of hydrogen-bond acceptors (Lipinski definition) is 2. The lowest BCUT2D eigenvalue weighted by Gasteiger charge is -2.42. The fourth-order valence-electron chi connectivity index (χ4n) is 3.57. The van der Waals surface area contributed by atoms with Crippen LogP contribution in [0.3, 0.4) is 0 Å². The molecule has 0 aromatic rings. The van der Waals surface area contributed by atoms with Crippen molar-refractivity contribution in [2.45, 2.75) is 52.4 Å². The van der Waals surface area contributed by atoms with Crippen molar-refractivity contribution < 1.29 is 4.79 Å². The van der Waals surface area contributed by atoms with Crippen LogP contribution >= 0.6 is 0 Å². The number of nitrogens with two attached hydrogens (primary N) is 1. The Kier molecular flexibility index (Phi) is 4.31. The van der Waals surface area contributed by atoms with Crippen LogP contribution in [0.5, 0.6) is 0 Å². The monoisotopic (exact) mass is 252 g/mol. The van der Waals surface area contributed by atoms with Gasteiger partial charge in [0.05, 0.1) is 0 Å². The molecule has 0 aromatic heterocycles. The van der Waals surface area contributed by atoms with Crippen LogP contribution < -0.4 is 5.73 Å². The average molecular weight is 252 g/mol. The van der Waals surface area contributed by atoms with Crippen LogP contribution in [-0.2, 0) is 4.79 Å². The molecule has 1 amide bonds. The fraction of sp³-hybridized carbons (Fsp3) is 0.933. The smallest absolute Gasteiger partial charge is 0.228 e. The molecular formula is C15H28N2O. The van der Waals surface area contributed by atoms with Crippen LogP contribution in [0.4, 0.5) is 0 Å². The molecule has 2 aliphatic rings. The maximum atomic E-state index is 12.7. The van der Waals surface area contributed by atoms with Crippen molar-refractivity contribution in [3.63, 3.8) is 0 Å². The highest BCUT2D eigenvalue weighted by atomic mass is 16.2. The number of amides is 1. The molecule has 0 spiro atoms. The van der Waals surface area contributed by atoms with E-state index < -0.39 is 0 Å². The second-order valence-electron chi connectivity index (χ2n) is 6.63. The fourth-order valence-corrected chi connectivity index (χ4v) is 3.57. The van der Waals surface area contributed by atoms with E-state index in [9.17, 15) is 4.79 Å². The van der Waals surface area contributed by atoms with E-state index in [1.165, 1.54) is 19.3 Å². The first-order valence-electron chi connectivity index (χ1n) is 7.56. The van der Waals surface area contributed by atoms with Crippen LogP contribution in [0.2, 0.25) is 0 Å². The number of carbonyl (C=O) groups excluding carboxylic acids is 1. The summed E-state index contributed by atoms with van der Waals surface area (Å²) in [6.45, 7) is 6.96. The summed E-state index contributed by atoms with van der Waals surface area (Å²) < 4.78 is 0. The van der Waals surface area contributed by atoms with E-state index in [-0.39, 0.29) is 5.41 Å². The van der Waals surface area contributed by atoms with Crippen LogP contribution in [0, 0.1) is 17.3 Å². The van der Waals surface area contributed by atoms with E-state index in [0.29, 0.717) is 24.3 Å². The Bertz CT molecular complexity index is 297. The minimum Gasteiger partial charge on any atom is -0.342 e. The summed E-state index contributed by atoms with van der Waals surface area (Å²) in [5, 5.41) is 0. The molecule has 1 aliphatic carbocycles. The number of likely N-dealkylation sites (tertiary alicyclic amines) is 1. The summed E-state index contributed by atoms with van der Waals surface area (Å²) in [6, 6.07) is 0. The zero-order chi connectivity index (χ0) is 13.2. The lowest BCUT2D eigenvalue weighted by Crippen LogP contribution is -2.50.